The maximum atomic E-state index is 13.6. The van der Waals surface area contributed by atoms with Crippen LogP contribution in [0.15, 0.2) is 54.6 Å². The summed E-state index contributed by atoms with van der Waals surface area (Å²) in [5, 5.41) is 45.4. The van der Waals surface area contributed by atoms with Gasteiger partial charge in [-0.05, 0) is 54.0 Å². The number of carbonyl (C=O) groups is 2. The number of hydrogen-bond acceptors (Lipinski definition) is 6. The summed E-state index contributed by atoms with van der Waals surface area (Å²) in [5.74, 6) is -2.23. The predicted molar refractivity (Wildman–Crippen MR) is 138 cm³/mol. The number of halogens is 1. The zero-order chi connectivity index (χ0) is 27.8. The van der Waals surface area contributed by atoms with E-state index in [2.05, 4.69) is 10.4 Å². The average molecular weight is 521 g/mol. The normalized spacial score (nSPS) is 12.9. The van der Waals surface area contributed by atoms with Gasteiger partial charge < -0.3 is 20.6 Å². The standard InChI is InChI=1S/C28H29FN4O5/c1-17(2)26-24(12-11-22(34)13-23(35)14-25(36)37)33(21-9-7-20(29)8-10-21)32-27(26)28(38)31-16-19-5-3-18(15-30)4-6-19/h3-12,17,22-23,34-35H,13-14,16H2,1-2H3,(H,31,38)(H,36,37)/b12-11+/t22-,23+/m0/s1. The number of carboxylic acids is 1. The second-order valence-electron chi connectivity index (χ2n) is 9.10. The van der Waals surface area contributed by atoms with Gasteiger partial charge in [0.1, 0.15) is 5.82 Å². The molecule has 2 aromatic carbocycles. The number of nitrogens with one attached hydrogen (secondary N) is 1. The van der Waals surface area contributed by atoms with E-state index in [1.807, 2.05) is 19.9 Å². The minimum absolute atomic E-state index is 0.151. The number of carbonyl (C=O) groups excluding carboxylic acids is 1. The van der Waals surface area contributed by atoms with Crippen LogP contribution in [0.4, 0.5) is 4.39 Å². The molecule has 1 aromatic heterocycles. The first-order valence-electron chi connectivity index (χ1n) is 12.0. The van der Waals surface area contributed by atoms with Crippen LogP contribution in [0.3, 0.4) is 0 Å². The van der Waals surface area contributed by atoms with Gasteiger partial charge in [0.15, 0.2) is 5.69 Å². The zero-order valence-corrected chi connectivity index (χ0v) is 21.0. The topological polar surface area (TPSA) is 148 Å². The van der Waals surface area contributed by atoms with Gasteiger partial charge in [0.05, 0.1) is 41.6 Å². The van der Waals surface area contributed by atoms with Crippen molar-refractivity contribution in [3.05, 3.63) is 88.5 Å². The Morgan fingerprint density at radius 1 is 1.13 bits per heavy atom. The maximum absolute atomic E-state index is 13.6. The van der Waals surface area contributed by atoms with Gasteiger partial charge in [0, 0.05) is 18.5 Å². The molecule has 0 aliphatic carbocycles. The second-order valence-corrected chi connectivity index (χ2v) is 9.10. The molecule has 0 bridgehead atoms. The lowest BCUT2D eigenvalue weighted by Gasteiger charge is -2.12. The summed E-state index contributed by atoms with van der Waals surface area (Å²) in [4.78, 5) is 24.0. The lowest BCUT2D eigenvalue weighted by atomic mass is 9.98. The molecule has 0 saturated carbocycles. The number of nitrogens with zero attached hydrogens (tertiary/aromatic N) is 3. The van der Waals surface area contributed by atoms with Crippen molar-refractivity contribution in [3.8, 4) is 11.8 Å². The molecule has 3 rings (SSSR count). The number of aliphatic carboxylic acids is 1. The number of carboxylic acid groups (broad SMARTS) is 1. The van der Waals surface area contributed by atoms with Gasteiger partial charge in [0.2, 0.25) is 0 Å². The first-order chi connectivity index (χ1) is 18.1. The van der Waals surface area contributed by atoms with Gasteiger partial charge in [-0.1, -0.05) is 32.1 Å². The Labute approximate surface area is 219 Å². The highest BCUT2D eigenvalue weighted by Crippen LogP contribution is 2.28. The molecular weight excluding hydrogens is 491 g/mol. The summed E-state index contributed by atoms with van der Waals surface area (Å²) in [7, 11) is 0. The van der Waals surface area contributed by atoms with Crippen LogP contribution in [0.5, 0.6) is 0 Å². The number of benzene rings is 2. The highest BCUT2D eigenvalue weighted by Gasteiger charge is 2.25. The number of amides is 1. The first-order valence-corrected chi connectivity index (χ1v) is 12.0. The summed E-state index contributed by atoms with van der Waals surface area (Å²) in [5.41, 5.74) is 3.00. The van der Waals surface area contributed by atoms with Gasteiger partial charge >= 0.3 is 5.97 Å². The van der Waals surface area contributed by atoms with E-state index in [9.17, 15) is 24.2 Å². The van der Waals surface area contributed by atoms with Gasteiger partial charge in [-0.15, -0.1) is 0 Å². The molecule has 10 heteroatoms. The van der Waals surface area contributed by atoms with E-state index in [0.29, 0.717) is 22.5 Å². The van der Waals surface area contributed by atoms with Crippen LogP contribution in [0.25, 0.3) is 11.8 Å². The van der Waals surface area contributed by atoms with Crippen LogP contribution in [-0.4, -0.2) is 49.2 Å². The van der Waals surface area contributed by atoms with Crippen LogP contribution >= 0.6 is 0 Å². The molecule has 198 valence electrons. The summed E-state index contributed by atoms with van der Waals surface area (Å²) in [6, 6.07) is 14.4. The molecule has 0 aliphatic rings. The van der Waals surface area contributed by atoms with Gasteiger partial charge in [-0.25, -0.2) is 9.07 Å². The Balaban J connectivity index is 1.96. The van der Waals surface area contributed by atoms with Crippen molar-refractivity contribution >= 4 is 18.0 Å². The van der Waals surface area contributed by atoms with Crippen molar-refractivity contribution in [2.75, 3.05) is 0 Å². The second kappa shape index (κ2) is 12.8. The average Bonchev–Trinajstić information content (AvgIpc) is 3.26. The zero-order valence-electron chi connectivity index (χ0n) is 21.0. The number of hydrogen-bond donors (Lipinski definition) is 4. The maximum Gasteiger partial charge on any atom is 0.305 e. The quantitative estimate of drug-likeness (QED) is 0.302. The monoisotopic (exact) mass is 520 g/mol. The fourth-order valence-electron chi connectivity index (χ4n) is 3.93. The van der Waals surface area contributed by atoms with Gasteiger partial charge in [-0.3, -0.25) is 9.59 Å². The Morgan fingerprint density at radius 3 is 2.37 bits per heavy atom. The third kappa shape index (κ3) is 7.35. The summed E-state index contributed by atoms with van der Waals surface area (Å²) in [6.45, 7) is 3.97. The number of nitriles is 1. The smallest absolute Gasteiger partial charge is 0.305 e. The molecule has 0 radical (unpaired) electrons. The molecule has 38 heavy (non-hydrogen) atoms. The minimum atomic E-state index is -1.23. The highest BCUT2D eigenvalue weighted by atomic mass is 19.1. The lowest BCUT2D eigenvalue weighted by Crippen LogP contribution is -2.24. The highest BCUT2D eigenvalue weighted by molar-refractivity contribution is 5.95. The Morgan fingerprint density at radius 2 is 1.79 bits per heavy atom. The van der Waals surface area contributed by atoms with E-state index in [1.54, 1.807) is 30.3 Å². The summed E-state index contributed by atoms with van der Waals surface area (Å²) >= 11 is 0. The van der Waals surface area contributed by atoms with Crippen LogP contribution in [0.2, 0.25) is 0 Å². The van der Waals surface area contributed by atoms with Crippen molar-refractivity contribution < 1.29 is 29.3 Å². The van der Waals surface area contributed by atoms with Crippen LogP contribution in [-0.2, 0) is 11.3 Å². The third-order valence-corrected chi connectivity index (χ3v) is 5.76. The van der Waals surface area contributed by atoms with Gasteiger partial charge in [0.25, 0.3) is 5.91 Å². The summed E-state index contributed by atoms with van der Waals surface area (Å²) < 4.78 is 15.1. The molecule has 0 saturated heterocycles. The predicted octanol–water partition coefficient (Wildman–Crippen LogP) is 3.54. The SMILES string of the molecule is CC(C)c1c(C(=O)NCc2ccc(C#N)cc2)nn(-c2ccc(F)cc2)c1/C=C/[C@H](O)C[C@@H](O)CC(=O)O. The first kappa shape index (κ1) is 28.2. The summed E-state index contributed by atoms with van der Waals surface area (Å²) in [6.07, 6.45) is -0.133. The van der Waals surface area contributed by atoms with Gasteiger partial charge in [-0.2, -0.15) is 10.4 Å². The molecule has 0 aliphatic heterocycles. The number of rotatable bonds is 11. The number of aliphatic hydroxyl groups is 2. The minimum Gasteiger partial charge on any atom is -0.481 e. The molecule has 9 nitrogen and oxygen atoms in total. The molecule has 0 fully saturated rings. The molecule has 2 atom stereocenters. The van der Waals surface area contributed by atoms with E-state index in [1.165, 1.54) is 35.0 Å². The Kier molecular flexibility index (Phi) is 9.49. The molecular formula is C28H29FN4O5. The number of aliphatic hydroxyl groups excluding tert-OH is 2. The van der Waals surface area contributed by atoms with E-state index in [0.717, 1.165) is 5.56 Å². The van der Waals surface area contributed by atoms with E-state index >= 15 is 0 Å². The van der Waals surface area contributed by atoms with Crippen LogP contribution < -0.4 is 5.32 Å². The number of aromatic nitrogens is 2. The molecule has 0 unspecified atom stereocenters. The Bertz CT molecular complexity index is 1340. The molecule has 4 N–H and O–H groups in total. The van der Waals surface area contributed by atoms with Crippen molar-refractivity contribution in [1.82, 2.24) is 15.1 Å². The van der Waals surface area contributed by atoms with Crippen LogP contribution in [0.1, 0.15) is 65.5 Å². The molecule has 1 heterocycles. The van der Waals surface area contributed by atoms with Crippen molar-refractivity contribution in [2.24, 2.45) is 0 Å². The lowest BCUT2D eigenvalue weighted by molar-refractivity contribution is -0.139. The Hall–Kier alpha value is -4.33. The fraction of sp³-hybridized carbons (Fsp3) is 0.286. The van der Waals surface area contributed by atoms with E-state index in [-0.39, 0.29) is 24.6 Å². The van der Waals surface area contributed by atoms with Crippen molar-refractivity contribution in [1.29, 1.82) is 5.26 Å². The third-order valence-electron chi connectivity index (χ3n) is 5.76. The molecule has 0 spiro atoms. The molecule has 3 aromatic rings. The van der Waals surface area contributed by atoms with Crippen molar-refractivity contribution in [2.45, 2.75) is 51.4 Å². The fourth-order valence-corrected chi connectivity index (χ4v) is 3.93. The van der Waals surface area contributed by atoms with E-state index < -0.39 is 36.3 Å². The van der Waals surface area contributed by atoms with E-state index in [4.69, 9.17) is 10.4 Å². The largest absolute Gasteiger partial charge is 0.481 e. The van der Waals surface area contributed by atoms with Crippen molar-refractivity contribution in [3.63, 3.8) is 0 Å². The molecule has 1 amide bonds. The van der Waals surface area contributed by atoms with Crippen LogP contribution in [0, 0.1) is 17.1 Å².